The zero-order chi connectivity index (χ0) is 13.8. The average molecular weight is 359 g/mol. The number of amides is 1. The second-order valence-corrected chi connectivity index (χ2v) is 5.46. The Morgan fingerprint density at radius 2 is 1.95 bits per heavy atom. The highest BCUT2D eigenvalue weighted by Crippen LogP contribution is 2.23. The van der Waals surface area contributed by atoms with E-state index in [0.29, 0.717) is 22.2 Å². The first-order valence-electron chi connectivity index (χ1n) is 5.52. The Hall–Kier alpha value is -1.03. The van der Waals surface area contributed by atoms with Crippen LogP contribution in [0.1, 0.15) is 15.9 Å². The third-order valence-corrected chi connectivity index (χ3v) is 3.69. The van der Waals surface area contributed by atoms with Crippen LogP contribution in [0.2, 0.25) is 5.02 Å². The van der Waals surface area contributed by atoms with Crippen molar-refractivity contribution in [3.63, 3.8) is 0 Å². The molecule has 0 heterocycles. The van der Waals surface area contributed by atoms with Crippen molar-refractivity contribution < 1.29 is 4.79 Å². The highest BCUT2D eigenvalue weighted by Gasteiger charge is 2.12. The molecule has 2 aromatic carbocycles. The van der Waals surface area contributed by atoms with Gasteiger partial charge in [-0.15, -0.1) is 11.6 Å². The Kier molecular flexibility index (Phi) is 4.86. The number of para-hydroxylation sites is 1. The van der Waals surface area contributed by atoms with Gasteiger partial charge in [-0.05, 0) is 29.8 Å². The van der Waals surface area contributed by atoms with Gasteiger partial charge in [-0.2, -0.15) is 0 Å². The van der Waals surface area contributed by atoms with E-state index in [1.54, 1.807) is 18.2 Å². The first-order valence-corrected chi connectivity index (χ1v) is 7.22. The van der Waals surface area contributed by atoms with Gasteiger partial charge in [0.25, 0.3) is 5.91 Å². The largest absolute Gasteiger partial charge is 0.322 e. The van der Waals surface area contributed by atoms with Crippen LogP contribution in [-0.4, -0.2) is 5.91 Å². The molecule has 0 aromatic heterocycles. The van der Waals surface area contributed by atoms with E-state index in [2.05, 4.69) is 21.2 Å². The molecule has 1 N–H and O–H groups in total. The van der Waals surface area contributed by atoms with E-state index in [0.717, 1.165) is 10.0 Å². The molecule has 0 aliphatic heterocycles. The van der Waals surface area contributed by atoms with Crippen molar-refractivity contribution in [2.45, 2.75) is 5.88 Å². The van der Waals surface area contributed by atoms with Crippen molar-refractivity contribution in [2.75, 3.05) is 5.32 Å². The van der Waals surface area contributed by atoms with Crippen molar-refractivity contribution in [3.8, 4) is 0 Å². The van der Waals surface area contributed by atoms with E-state index in [1.807, 2.05) is 24.3 Å². The van der Waals surface area contributed by atoms with Gasteiger partial charge in [-0.25, -0.2) is 0 Å². The van der Waals surface area contributed by atoms with E-state index in [-0.39, 0.29) is 5.91 Å². The highest BCUT2D eigenvalue weighted by molar-refractivity contribution is 9.10. The first kappa shape index (κ1) is 14.4. The minimum atomic E-state index is -0.260. The number of carbonyl (C=O) groups is 1. The summed E-state index contributed by atoms with van der Waals surface area (Å²) in [6.45, 7) is 0. The maximum atomic E-state index is 12.2. The Morgan fingerprint density at radius 1 is 1.21 bits per heavy atom. The van der Waals surface area contributed by atoms with Crippen molar-refractivity contribution in [1.29, 1.82) is 0 Å². The minimum absolute atomic E-state index is 0.260. The predicted octanol–water partition coefficient (Wildman–Crippen LogP) is 5.09. The molecule has 2 aromatic rings. The van der Waals surface area contributed by atoms with Crippen LogP contribution in [0.25, 0.3) is 0 Å². The lowest BCUT2D eigenvalue weighted by molar-refractivity contribution is 0.102. The summed E-state index contributed by atoms with van der Waals surface area (Å²) in [6, 6.07) is 12.5. The summed E-state index contributed by atoms with van der Waals surface area (Å²) in [7, 11) is 0. The summed E-state index contributed by atoms with van der Waals surface area (Å²) in [5.41, 5.74) is 1.97. The van der Waals surface area contributed by atoms with E-state index in [9.17, 15) is 4.79 Å². The lowest BCUT2D eigenvalue weighted by atomic mass is 10.1. The highest BCUT2D eigenvalue weighted by atomic mass is 79.9. The quantitative estimate of drug-likeness (QED) is 0.760. The Morgan fingerprint density at radius 3 is 2.68 bits per heavy atom. The van der Waals surface area contributed by atoms with Crippen LogP contribution in [-0.2, 0) is 5.88 Å². The van der Waals surface area contributed by atoms with Crippen LogP contribution in [0, 0.1) is 0 Å². The number of alkyl halides is 1. The summed E-state index contributed by atoms with van der Waals surface area (Å²) in [5.74, 6) is 0.0757. The Labute approximate surface area is 129 Å². The van der Waals surface area contributed by atoms with Gasteiger partial charge >= 0.3 is 0 Å². The van der Waals surface area contributed by atoms with E-state index < -0.39 is 0 Å². The zero-order valence-corrected chi connectivity index (χ0v) is 12.9. The Bertz CT molecular complexity index is 616. The molecule has 0 bridgehead atoms. The van der Waals surface area contributed by atoms with Crippen LogP contribution >= 0.6 is 39.1 Å². The molecule has 2 nitrogen and oxygen atoms in total. The Balaban J connectivity index is 2.28. The van der Waals surface area contributed by atoms with Gasteiger partial charge in [-0.3, -0.25) is 4.79 Å². The molecular weight excluding hydrogens is 349 g/mol. The predicted molar refractivity (Wildman–Crippen MR) is 83.1 cm³/mol. The fourth-order valence-electron chi connectivity index (χ4n) is 1.62. The van der Waals surface area contributed by atoms with Gasteiger partial charge < -0.3 is 5.32 Å². The van der Waals surface area contributed by atoms with E-state index >= 15 is 0 Å². The fraction of sp³-hybridized carbons (Fsp3) is 0.0714. The number of nitrogens with one attached hydrogen (secondary N) is 1. The molecule has 5 heteroatoms. The van der Waals surface area contributed by atoms with Crippen LogP contribution in [0.3, 0.4) is 0 Å². The monoisotopic (exact) mass is 357 g/mol. The van der Waals surface area contributed by atoms with Gasteiger partial charge in [0, 0.05) is 16.0 Å². The standard InChI is InChI=1S/C14H10BrCl2NO/c15-10-5-6-12(17)11(7-10)14(19)18-13-4-2-1-3-9(13)8-16/h1-7H,8H2,(H,18,19). The maximum Gasteiger partial charge on any atom is 0.257 e. The topological polar surface area (TPSA) is 29.1 Å². The average Bonchev–Trinajstić information content (AvgIpc) is 2.42. The van der Waals surface area contributed by atoms with Crippen LogP contribution in [0.15, 0.2) is 46.9 Å². The van der Waals surface area contributed by atoms with Crippen molar-refractivity contribution in [1.82, 2.24) is 0 Å². The first-order chi connectivity index (χ1) is 9.11. The molecule has 2 rings (SSSR count). The summed E-state index contributed by atoms with van der Waals surface area (Å²) >= 11 is 15.2. The normalized spacial score (nSPS) is 10.3. The molecule has 0 aliphatic carbocycles. The summed E-state index contributed by atoms with van der Waals surface area (Å²) in [6.07, 6.45) is 0. The molecule has 19 heavy (non-hydrogen) atoms. The molecular formula is C14H10BrCl2NO. The van der Waals surface area contributed by atoms with E-state index in [1.165, 1.54) is 0 Å². The molecule has 0 aliphatic rings. The second-order valence-electron chi connectivity index (χ2n) is 3.87. The van der Waals surface area contributed by atoms with E-state index in [4.69, 9.17) is 23.2 Å². The number of benzene rings is 2. The SMILES string of the molecule is O=C(Nc1ccccc1CCl)c1cc(Br)ccc1Cl. The molecule has 0 radical (unpaired) electrons. The molecule has 0 saturated carbocycles. The van der Waals surface area contributed by atoms with Gasteiger partial charge in [0.2, 0.25) is 0 Å². The van der Waals surface area contributed by atoms with Crippen molar-refractivity contribution >= 4 is 50.7 Å². The smallest absolute Gasteiger partial charge is 0.257 e. The third-order valence-electron chi connectivity index (χ3n) is 2.58. The number of carbonyl (C=O) groups excluding carboxylic acids is 1. The van der Waals surface area contributed by atoms with Crippen LogP contribution < -0.4 is 5.32 Å². The van der Waals surface area contributed by atoms with Crippen LogP contribution in [0.5, 0.6) is 0 Å². The maximum absolute atomic E-state index is 12.2. The van der Waals surface area contributed by atoms with Gasteiger partial charge in [0.1, 0.15) is 0 Å². The zero-order valence-electron chi connectivity index (χ0n) is 9.79. The molecule has 0 atom stereocenters. The second kappa shape index (κ2) is 6.42. The molecule has 98 valence electrons. The lowest BCUT2D eigenvalue weighted by Crippen LogP contribution is -2.13. The fourth-order valence-corrected chi connectivity index (χ4v) is 2.42. The molecule has 0 unspecified atom stereocenters. The summed E-state index contributed by atoms with van der Waals surface area (Å²) in [4.78, 5) is 12.2. The molecule has 0 fully saturated rings. The van der Waals surface area contributed by atoms with Crippen molar-refractivity contribution in [2.24, 2.45) is 0 Å². The third kappa shape index (κ3) is 3.50. The minimum Gasteiger partial charge on any atom is -0.322 e. The van der Waals surface area contributed by atoms with Crippen molar-refractivity contribution in [3.05, 3.63) is 63.1 Å². The number of hydrogen-bond donors (Lipinski definition) is 1. The number of halogens is 3. The molecule has 0 saturated heterocycles. The van der Waals surface area contributed by atoms with Gasteiger partial charge in [0.15, 0.2) is 0 Å². The van der Waals surface area contributed by atoms with Gasteiger partial charge in [0.05, 0.1) is 10.6 Å². The number of rotatable bonds is 3. The molecule has 1 amide bonds. The molecule has 0 spiro atoms. The van der Waals surface area contributed by atoms with Gasteiger partial charge in [-0.1, -0.05) is 45.7 Å². The number of hydrogen-bond acceptors (Lipinski definition) is 1. The lowest BCUT2D eigenvalue weighted by Gasteiger charge is -2.10. The number of anilines is 1. The summed E-state index contributed by atoms with van der Waals surface area (Å²) < 4.78 is 0.799. The summed E-state index contributed by atoms with van der Waals surface area (Å²) in [5, 5.41) is 3.22. The van der Waals surface area contributed by atoms with Crippen LogP contribution in [0.4, 0.5) is 5.69 Å².